The molecule has 0 aromatic heterocycles. The van der Waals surface area contributed by atoms with Crippen molar-refractivity contribution < 1.29 is 9.53 Å². The minimum Gasteiger partial charge on any atom is -0.468 e. The van der Waals surface area contributed by atoms with Gasteiger partial charge in [0, 0.05) is 6.04 Å². The molecule has 3 atom stereocenters. The molecule has 0 aromatic carbocycles. The molecule has 112 valence electrons. The van der Waals surface area contributed by atoms with Crippen molar-refractivity contribution in [3.63, 3.8) is 0 Å². The van der Waals surface area contributed by atoms with Crippen LogP contribution < -0.4 is 5.32 Å². The first-order chi connectivity index (χ1) is 8.78. The maximum absolute atomic E-state index is 12.5. The van der Waals surface area contributed by atoms with E-state index in [1.54, 1.807) is 0 Å². The highest BCUT2D eigenvalue weighted by Gasteiger charge is 2.52. The fourth-order valence-corrected chi connectivity index (χ4v) is 3.55. The summed E-state index contributed by atoms with van der Waals surface area (Å²) in [6.07, 6.45) is 5.33. The van der Waals surface area contributed by atoms with Crippen LogP contribution in [0.15, 0.2) is 0 Å². The molecule has 1 fully saturated rings. The van der Waals surface area contributed by atoms with Crippen LogP contribution >= 0.6 is 0 Å². The molecule has 0 aliphatic heterocycles. The number of carbonyl (C=O) groups is 1. The average Bonchev–Trinajstić information content (AvgIpc) is 2.36. The van der Waals surface area contributed by atoms with Crippen LogP contribution in [0.4, 0.5) is 0 Å². The van der Waals surface area contributed by atoms with Crippen LogP contribution in [0.25, 0.3) is 0 Å². The van der Waals surface area contributed by atoms with Crippen LogP contribution in [0, 0.1) is 11.3 Å². The average molecular weight is 269 g/mol. The van der Waals surface area contributed by atoms with E-state index in [0.717, 1.165) is 25.7 Å². The number of nitrogens with one attached hydrogen (secondary N) is 1. The highest BCUT2D eigenvalue weighted by Crippen LogP contribution is 2.45. The van der Waals surface area contributed by atoms with Gasteiger partial charge in [0.05, 0.1) is 7.11 Å². The molecule has 1 aliphatic rings. The van der Waals surface area contributed by atoms with Gasteiger partial charge in [-0.3, -0.25) is 10.1 Å². The first-order valence-electron chi connectivity index (χ1n) is 7.64. The zero-order chi connectivity index (χ0) is 14.7. The standard InChI is InChI=1S/C16H31NO2/c1-7-12(2)17-16(14(18)19-6)11-9-8-10-13(16)15(3,4)5/h12-13,17H,7-11H2,1-6H3. The fraction of sp³-hybridized carbons (Fsp3) is 0.938. The second kappa shape index (κ2) is 6.25. The smallest absolute Gasteiger partial charge is 0.326 e. The van der Waals surface area contributed by atoms with E-state index in [1.807, 2.05) is 0 Å². The van der Waals surface area contributed by atoms with Crippen molar-refractivity contribution in [3.8, 4) is 0 Å². The van der Waals surface area contributed by atoms with Gasteiger partial charge in [-0.2, -0.15) is 0 Å². The van der Waals surface area contributed by atoms with Gasteiger partial charge in [-0.05, 0) is 37.5 Å². The maximum atomic E-state index is 12.5. The SMILES string of the molecule is CCC(C)NC1(C(=O)OC)CCCCC1C(C)(C)C. The van der Waals surface area contributed by atoms with E-state index in [-0.39, 0.29) is 11.4 Å². The number of carbonyl (C=O) groups excluding carboxylic acids is 1. The minimum absolute atomic E-state index is 0.0765. The lowest BCUT2D eigenvalue weighted by Gasteiger charge is -2.49. The Morgan fingerprint density at radius 2 is 2.05 bits per heavy atom. The van der Waals surface area contributed by atoms with E-state index < -0.39 is 5.54 Å². The van der Waals surface area contributed by atoms with E-state index in [9.17, 15) is 4.79 Å². The topological polar surface area (TPSA) is 38.3 Å². The van der Waals surface area contributed by atoms with Crippen LogP contribution in [0.2, 0.25) is 0 Å². The monoisotopic (exact) mass is 269 g/mol. The van der Waals surface area contributed by atoms with Crippen LogP contribution in [0.1, 0.15) is 66.7 Å². The summed E-state index contributed by atoms with van der Waals surface area (Å²) in [7, 11) is 1.51. The summed E-state index contributed by atoms with van der Waals surface area (Å²) >= 11 is 0. The Bertz CT molecular complexity index is 308. The second-order valence-electron chi connectivity index (χ2n) is 7.08. The normalized spacial score (nSPS) is 29.9. The molecule has 3 heteroatoms. The van der Waals surface area contributed by atoms with Crippen LogP contribution in [0.3, 0.4) is 0 Å². The van der Waals surface area contributed by atoms with E-state index in [2.05, 4.69) is 39.9 Å². The largest absolute Gasteiger partial charge is 0.468 e. The number of hydrogen-bond acceptors (Lipinski definition) is 3. The van der Waals surface area contributed by atoms with Gasteiger partial charge >= 0.3 is 5.97 Å². The fourth-order valence-electron chi connectivity index (χ4n) is 3.55. The van der Waals surface area contributed by atoms with Crippen molar-refractivity contribution in [1.29, 1.82) is 0 Å². The van der Waals surface area contributed by atoms with Crippen molar-refractivity contribution >= 4 is 5.97 Å². The molecule has 0 bridgehead atoms. The maximum Gasteiger partial charge on any atom is 0.326 e. The van der Waals surface area contributed by atoms with E-state index >= 15 is 0 Å². The Kier molecular flexibility index (Phi) is 5.43. The van der Waals surface area contributed by atoms with E-state index in [4.69, 9.17) is 4.74 Å². The van der Waals surface area contributed by atoms with Gasteiger partial charge < -0.3 is 4.74 Å². The molecule has 0 aromatic rings. The molecule has 3 unspecified atom stereocenters. The molecule has 3 nitrogen and oxygen atoms in total. The molecule has 0 saturated heterocycles. The van der Waals surface area contributed by atoms with Gasteiger partial charge in [-0.25, -0.2) is 0 Å². The number of rotatable bonds is 4. The van der Waals surface area contributed by atoms with Gasteiger partial charge in [0.2, 0.25) is 0 Å². The van der Waals surface area contributed by atoms with Gasteiger partial charge in [0.1, 0.15) is 5.54 Å². The molecular weight excluding hydrogens is 238 g/mol. The minimum atomic E-state index is -0.499. The number of hydrogen-bond donors (Lipinski definition) is 1. The summed E-state index contributed by atoms with van der Waals surface area (Å²) < 4.78 is 5.16. The summed E-state index contributed by atoms with van der Waals surface area (Å²) in [5.41, 5.74) is -0.393. The van der Waals surface area contributed by atoms with Crippen molar-refractivity contribution in [2.75, 3.05) is 7.11 Å². The molecular formula is C16H31NO2. The van der Waals surface area contributed by atoms with Crippen LogP contribution in [0.5, 0.6) is 0 Å². The molecule has 1 saturated carbocycles. The molecule has 0 spiro atoms. The molecule has 19 heavy (non-hydrogen) atoms. The predicted molar refractivity (Wildman–Crippen MR) is 79.0 cm³/mol. The molecule has 1 rings (SSSR count). The Balaban J connectivity index is 3.13. The summed E-state index contributed by atoms with van der Waals surface area (Å²) in [6, 6.07) is 0.335. The van der Waals surface area contributed by atoms with Crippen molar-refractivity contribution in [1.82, 2.24) is 5.32 Å². The van der Waals surface area contributed by atoms with Crippen LogP contribution in [-0.4, -0.2) is 24.7 Å². The third kappa shape index (κ3) is 3.50. The Hall–Kier alpha value is -0.570. The Labute approximate surface area is 118 Å². The highest BCUT2D eigenvalue weighted by molar-refractivity contribution is 5.81. The van der Waals surface area contributed by atoms with Crippen molar-refractivity contribution in [2.24, 2.45) is 11.3 Å². The number of methoxy groups -OCH3 is 1. The third-order valence-electron chi connectivity index (χ3n) is 4.62. The summed E-state index contributed by atoms with van der Waals surface area (Å²) in [4.78, 5) is 12.5. The third-order valence-corrected chi connectivity index (χ3v) is 4.62. The van der Waals surface area contributed by atoms with Crippen molar-refractivity contribution in [2.45, 2.75) is 78.3 Å². The van der Waals surface area contributed by atoms with E-state index in [1.165, 1.54) is 13.5 Å². The number of esters is 1. The van der Waals surface area contributed by atoms with Crippen LogP contribution in [-0.2, 0) is 9.53 Å². The van der Waals surface area contributed by atoms with Gasteiger partial charge in [0.25, 0.3) is 0 Å². The quantitative estimate of drug-likeness (QED) is 0.794. The molecule has 0 heterocycles. The summed E-state index contributed by atoms with van der Waals surface area (Å²) in [6.45, 7) is 11.0. The molecule has 0 radical (unpaired) electrons. The molecule has 1 N–H and O–H groups in total. The lowest BCUT2D eigenvalue weighted by molar-refractivity contribution is -0.156. The first kappa shape index (κ1) is 16.5. The van der Waals surface area contributed by atoms with Crippen molar-refractivity contribution in [3.05, 3.63) is 0 Å². The Morgan fingerprint density at radius 1 is 1.42 bits per heavy atom. The second-order valence-corrected chi connectivity index (χ2v) is 7.08. The van der Waals surface area contributed by atoms with Gasteiger partial charge in [-0.15, -0.1) is 0 Å². The summed E-state index contributed by atoms with van der Waals surface area (Å²) in [5, 5.41) is 3.61. The lowest BCUT2D eigenvalue weighted by Crippen LogP contribution is -2.64. The highest BCUT2D eigenvalue weighted by atomic mass is 16.5. The number of ether oxygens (including phenoxy) is 1. The zero-order valence-corrected chi connectivity index (χ0v) is 13.5. The van der Waals surface area contributed by atoms with Gasteiger partial charge in [-0.1, -0.05) is 40.5 Å². The molecule has 1 aliphatic carbocycles. The van der Waals surface area contributed by atoms with Gasteiger partial charge in [0.15, 0.2) is 0 Å². The van der Waals surface area contributed by atoms with E-state index in [0.29, 0.717) is 12.0 Å². The summed E-state index contributed by atoms with van der Waals surface area (Å²) in [5.74, 6) is 0.252. The lowest BCUT2D eigenvalue weighted by atomic mass is 9.61. The first-order valence-corrected chi connectivity index (χ1v) is 7.64. The molecule has 0 amide bonds. The zero-order valence-electron chi connectivity index (χ0n) is 13.5. The Morgan fingerprint density at radius 3 is 2.53 bits per heavy atom. The predicted octanol–water partition coefficient (Wildman–Crippen LogP) is 3.52.